The summed E-state index contributed by atoms with van der Waals surface area (Å²) in [6, 6.07) is 3.02. The van der Waals surface area contributed by atoms with E-state index in [2.05, 4.69) is 5.32 Å². The van der Waals surface area contributed by atoms with Crippen molar-refractivity contribution < 1.29 is 34.1 Å². The SMILES string of the molecule is C.O=C([O-])c1c(OC2CN(C(=O)[C@H]3CCCN3)C2)ccc2c1O[B-](O)(O)CC2. The van der Waals surface area contributed by atoms with Crippen LogP contribution >= 0.6 is 0 Å². The molecule has 3 aliphatic heterocycles. The number of carbonyl (C=O) groups is 2. The fourth-order valence-electron chi connectivity index (χ4n) is 3.81. The maximum absolute atomic E-state index is 12.3. The summed E-state index contributed by atoms with van der Waals surface area (Å²) in [7, 11) is 0. The van der Waals surface area contributed by atoms with Gasteiger partial charge in [0.2, 0.25) is 5.91 Å². The Morgan fingerprint density at radius 2 is 2.07 bits per heavy atom. The lowest BCUT2D eigenvalue weighted by molar-refractivity contribution is -0.255. The summed E-state index contributed by atoms with van der Waals surface area (Å²) in [5.74, 6) is -1.56. The number of aromatic carboxylic acids is 1. The van der Waals surface area contributed by atoms with Crippen molar-refractivity contribution in [2.45, 2.75) is 45.2 Å². The third kappa shape index (κ3) is 3.80. The molecule has 2 fully saturated rings. The maximum atomic E-state index is 12.3. The van der Waals surface area contributed by atoms with Crippen molar-refractivity contribution in [1.82, 2.24) is 10.2 Å². The topological polar surface area (TPSA) is 131 Å². The van der Waals surface area contributed by atoms with Crippen molar-refractivity contribution >= 4 is 18.6 Å². The van der Waals surface area contributed by atoms with Crippen LogP contribution in [0.5, 0.6) is 11.5 Å². The number of nitrogens with one attached hydrogen (secondary N) is 1. The largest absolute Gasteiger partial charge is 0.669 e. The molecule has 0 unspecified atom stereocenters. The Hall–Kier alpha value is -2.30. The van der Waals surface area contributed by atoms with Crippen LogP contribution in [0.25, 0.3) is 0 Å². The molecule has 3 N–H and O–H groups in total. The number of nitrogens with zero attached hydrogens (tertiary/aromatic N) is 1. The molecule has 28 heavy (non-hydrogen) atoms. The van der Waals surface area contributed by atoms with Gasteiger partial charge in [0.15, 0.2) is 0 Å². The standard InChI is InChI=1S/C17H22BN2O7.CH4/c21-16(12-2-1-7-19-12)20-8-11(9-20)26-13-4-3-10-5-6-18(24,25)27-15(10)14(13)17(22)23;/h3-4,11-12,19,24-25H,1-2,5-9H2,(H,22,23);1H4/q-1;/p-1/t12-;/m1./s1. The fraction of sp³-hybridized carbons (Fsp3) is 0.556. The molecule has 0 aromatic heterocycles. The number of carbonyl (C=O) groups excluding carboxylic acids is 2. The first-order valence-corrected chi connectivity index (χ1v) is 9.19. The van der Waals surface area contributed by atoms with Crippen LogP contribution in [-0.4, -0.2) is 65.4 Å². The Morgan fingerprint density at radius 3 is 2.71 bits per heavy atom. The quantitative estimate of drug-likeness (QED) is 0.550. The number of likely N-dealkylation sites (tertiary alicyclic amines) is 1. The van der Waals surface area contributed by atoms with Gasteiger partial charge in [-0.05, 0) is 37.4 Å². The fourth-order valence-corrected chi connectivity index (χ4v) is 3.81. The van der Waals surface area contributed by atoms with Crippen LogP contribution in [0.2, 0.25) is 6.32 Å². The number of carboxylic acid groups (broad SMARTS) is 1. The Kier molecular flexibility index (Phi) is 5.56. The normalized spacial score (nSPS) is 23.1. The highest BCUT2D eigenvalue weighted by Crippen LogP contribution is 2.38. The zero-order chi connectivity index (χ0) is 19.2. The van der Waals surface area contributed by atoms with Gasteiger partial charge in [-0.1, -0.05) is 19.8 Å². The molecule has 3 heterocycles. The maximum Gasteiger partial charge on any atom is 0.430 e. The molecular formula is C18H25BN2O7-2. The van der Waals surface area contributed by atoms with Crippen molar-refractivity contribution in [2.24, 2.45) is 0 Å². The second-order valence-electron chi connectivity index (χ2n) is 7.36. The molecule has 0 bridgehead atoms. The summed E-state index contributed by atoms with van der Waals surface area (Å²) < 4.78 is 10.9. The van der Waals surface area contributed by atoms with E-state index >= 15 is 0 Å². The van der Waals surface area contributed by atoms with E-state index in [9.17, 15) is 24.7 Å². The highest BCUT2D eigenvalue weighted by atomic mass is 16.6. The van der Waals surface area contributed by atoms with E-state index in [1.54, 1.807) is 11.0 Å². The molecule has 0 aliphatic carbocycles. The van der Waals surface area contributed by atoms with Crippen LogP contribution in [0, 0.1) is 0 Å². The van der Waals surface area contributed by atoms with Crippen LogP contribution in [0.3, 0.4) is 0 Å². The molecular weight excluding hydrogens is 367 g/mol. The number of rotatable bonds is 4. The van der Waals surface area contributed by atoms with Crippen molar-refractivity contribution in [3.05, 3.63) is 23.3 Å². The first kappa shape index (κ1) is 20.4. The van der Waals surface area contributed by atoms with Crippen LogP contribution in [0.1, 0.15) is 36.2 Å². The van der Waals surface area contributed by atoms with E-state index in [0.29, 0.717) is 18.7 Å². The van der Waals surface area contributed by atoms with Gasteiger partial charge in [-0.15, -0.1) is 0 Å². The Morgan fingerprint density at radius 1 is 1.32 bits per heavy atom. The predicted octanol–water partition coefficient (Wildman–Crippen LogP) is -1.11. The second kappa shape index (κ2) is 7.61. The van der Waals surface area contributed by atoms with Gasteiger partial charge in [-0.3, -0.25) is 4.79 Å². The summed E-state index contributed by atoms with van der Waals surface area (Å²) in [5.41, 5.74) is 0.226. The van der Waals surface area contributed by atoms with E-state index in [4.69, 9.17) is 9.39 Å². The number of ether oxygens (including phenoxy) is 1. The van der Waals surface area contributed by atoms with Crippen LogP contribution in [0.15, 0.2) is 12.1 Å². The van der Waals surface area contributed by atoms with Gasteiger partial charge in [0, 0.05) is 0 Å². The summed E-state index contributed by atoms with van der Waals surface area (Å²) in [6.45, 7) is -1.52. The molecule has 4 rings (SSSR count). The molecule has 1 aromatic carbocycles. The number of fused-ring (bicyclic) bond motifs is 1. The lowest BCUT2D eigenvalue weighted by Crippen LogP contribution is -2.59. The lowest BCUT2D eigenvalue weighted by atomic mass is 9.70. The van der Waals surface area contributed by atoms with Gasteiger partial charge < -0.3 is 39.6 Å². The van der Waals surface area contributed by atoms with Gasteiger partial charge in [0.25, 0.3) is 0 Å². The molecule has 9 nitrogen and oxygen atoms in total. The highest BCUT2D eigenvalue weighted by molar-refractivity contribution is 6.59. The van der Waals surface area contributed by atoms with E-state index in [-0.39, 0.29) is 55.3 Å². The average molecular weight is 392 g/mol. The first-order chi connectivity index (χ1) is 12.8. The highest BCUT2D eigenvalue weighted by Gasteiger charge is 2.37. The van der Waals surface area contributed by atoms with E-state index in [0.717, 1.165) is 19.4 Å². The van der Waals surface area contributed by atoms with Crippen LogP contribution in [-0.2, 0) is 11.2 Å². The summed E-state index contributed by atoms with van der Waals surface area (Å²) in [4.78, 5) is 25.6. The van der Waals surface area contributed by atoms with Crippen molar-refractivity contribution in [3.63, 3.8) is 0 Å². The molecule has 154 valence electrons. The van der Waals surface area contributed by atoms with Crippen molar-refractivity contribution in [1.29, 1.82) is 0 Å². The Bertz CT molecular complexity index is 773. The molecule has 1 aromatic rings. The number of benzene rings is 1. The number of amides is 1. The lowest BCUT2D eigenvalue weighted by Gasteiger charge is -2.41. The van der Waals surface area contributed by atoms with Crippen molar-refractivity contribution in [3.8, 4) is 11.5 Å². The molecule has 1 atom stereocenters. The smallest absolute Gasteiger partial charge is 0.430 e. The van der Waals surface area contributed by atoms with Gasteiger partial charge in [0.05, 0.1) is 36.4 Å². The minimum atomic E-state index is -3.10. The van der Waals surface area contributed by atoms with Crippen LogP contribution in [0.4, 0.5) is 0 Å². The molecule has 0 radical (unpaired) electrons. The Labute approximate surface area is 163 Å². The third-order valence-electron chi connectivity index (χ3n) is 5.31. The van der Waals surface area contributed by atoms with Gasteiger partial charge in [-0.25, -0.2) is 0 Å². The minimum Gasteiger partial charge on any atom is -0.669 e. The van der Waals surface area contributed by atoms with Gasteiger partial charge >= 0.3 is 6.75 Å². The molecule has 2 saturated heterocycles. The monoisotopic (exact) mass is 392 g/mol. The number of hydrogen-bond donors (Lipinski definition) is 3. The molecule has 0 spiro atoms. The van der Waals surface area contributed by atoms with Crippen LogP contribution < -0.4 is 19.8 Å². The second-order valence-corrected chi connectivity index (χ2v) is 7.36. The first-order valence-electron chi connectivity index (χ1n) is 9.19. The zero-order valence-electron chi connectivity index (χ0n) is 14.7. The predicted molar refractivity (Wildman–Crippen MR) is 98.9 cm³/mol. The summed E-state index contributed by atoms with van der Waals surface area (Å²) in [6.07, 6.45) is 1.74. The van der Waals surface area contributed by atoms with E-state index < -0.39 is 12.7 Å². The molecule has 0 saturated carbocycles. The van der Waals surface area contributed by atoms with Gasteiger partial charge in [-0.2, -0.15) is 0 Å². The summed E-state index contributed by atoms with van der Waals surface area (Å²) >= 11 is 0. The van der Waals surface area contributed by atoms with Crippen molar-refractivity contribution in [2.75, 3.05) is 19.6 Å². The van der Waals surface area contributed by atoms with E-state index in [1.165, 1.54) is 6.07 Å². The average Bonchev–Trinajstić information content (AvgIpc) is 3.10. The minimum absolute atomic E-state index is 0. The third-order valence-corrected chi connectivity index (χ3v) is 5.31. The Balaban J connectivity index is 0.00000225. The van der Waals surface area contributed by atoms with E-state index in [1.807, 2.05) is 0 Å². The number of aryl methyl sites for hydroxylation is 1. The zero-order valence-corrected chi connectivity index (χ0v) is 14.7. The number of hydrogen-bond acceptors (Lipinski definition) is 8. The molecule has 10 heteroatoms. The molecule has 3 aliphatic rings. The number of carboxylic acids is 1. The summed E-state index contributed by atoms with van der Waals surface area (Å²) in [5, 5.41) is 34.3. The molecule has 1 amide bonds. The van der Waals surface area contributed by atoms with Gasteiger partial charge in [0.1, 0.15) is 11.9 Å².